The standard InChI is InChI=1S/C18H19N5O5/c1-26-14-8-3-11(9-15(14)27-2)17(19)18-20-16(21-22-18)10-28-13-6-4-12(5-7-13)23(24)25/h3-9,17H,10,19H2,1-2H3,(H,20,21,22)/t17-/m1/s1. The molecule has 0 unspecified atom stereocenters. The first-order chi connectivity index (χ1) is 13.5. The van der Waals surface area contributed by atoms with E-state index in [-0.39, 0.29) is 12.3 Å². The second-order valence-corrected chi connectivity index (χ2v) is 5.77. The van der Waals surface area contributed by atoms with Crippen molar-refractivity contribution in [3.8, 4) is 17.2 Å². The minimum Gasteiger partial charge on any atom is -0.493 e. The van der Waals surface area contributed by atoms with Gasteiger partial charge in [-0.1, -0.05) is 6.07 Å². The van der Waals surface area contributed by atoms with Crippen LogP contribution in [0.5, 0.6) is 17.2 Å². The van der Waals surface area contributed by atoms with Crippen LogP contribution in [0, 0.1) is 10.1 Å². The fourth-order valence-electron chi connectivity index (χ4n) is 2.52. The number of H-pyrrole nitrogens is 1. The molecule has 3 rings (SSSR count). The van der Waals surface area contributed by atoms with Gasteiger partial charge in [-0.25, -0.2) is 4.98 Å². The summed E-state index contributed by atoms with van der Waals surface area (Å²) in [7, 11) is 3.11. The number of nitrogens with zero attached hydrogens (tertiary/aromatic N) is 3. The minimum atomic E-state index is -0.566. The van der Waals surface area contributed by atoms with Crippen molar-refractivity contribution in [1.82, 2.24) is 15.2 Å². The summed E-state index contributed by atoms with van der Waals surface area (Å²) in [4.78, 5) is 14.5. The first-order valence-corrected chi connectivity index (χ1v) is 8.27. The largest absolute Gasteiger partial charge is 0.493 e. The molecule has 28 heavy (non-hydrogen) atoms. The molecule has 0 fully saturated rings. The second-order valence-electron chi connectivity index (χ2n) is 5.77. The van der Waals surface area contributed by atoms with Gasteiger partial charge in [-0.05, 0) is 29.8 Å². The molecule has 0 bridgehead atoms. The van der Waals surface area contributed by atoms with Gasteiger partial charge >= 0.3 is 0 Å². The number of nitro benzene ring substituents is 1. The number of non-ortho nitro benzene ring substituents is 1. The predicted molar refractivity (Wildman–Crippen MR) is 99.4 cm³/mol. The van der Waals surface area contributed by atoms with Crippen LogP contribution in [0.15, 0.2) is 42.5 Å². The van der Waals surface area contributed by atoms with Crippen molar-refractivity contribution in [2.24, 2.45) is 5.73 Å². The van der Waals surface area contributed by atoms with Crippen molar-refractivity contribution in [3.63, 3.8) is 0 Å². The summed E-state index contributed by atoms with van der Waals surface area (Å²) in [6, 6.07) is 10.6. The Bertz CT molecular complexity index is 957. The zero-order valence-electron chi connectivity index (χ0n) is 15.3. The number of aromatic nitrogens is 3. The molecule has 2 aromatic carbocycles. The Morgan fingerprint density at radius 2 is 1.86 bits per heavy atom. The van der Waals surface area contributed by atoms with Gasteiger partial charge < -0.3 is 19.9 Å². The third kappa shape index (κ3) is 4.18. The van der Waals surface area contributed by atoms with Crippen molar-refractivity contribution < 1.29 is 19.1 Å². The van der Waals surface area contributed by atoms with E-state index >= 15 is 0 Å². The van der Waals surface area contributed by atoms with Crippen LogP contribution in [0.25, 0.3) is 0 Å². The number of nitrogens with two attached hydrogens (primary N) is 1. The summed E-state index contributed by atoms with van der Waals surface area (Å²) in [5.74, 6) is 2.52. The molecule has 3 N–H and O–H groups in total. The highest BCUT2D eigenvalue weighted by Gasteiger charge is 2.17. The van der Waals surface area contributed by atoms with E-state index in [9.17, 15) is 10.1 Å². The lowest BCUT2D eigenvalue weighted by molar-refractivity contribution is -0.384. The summed E-state index contributed by atoms with van der Waals surface area (Å²) >= 11 is 0. The van der Waals surface area contributed by atoms with E-state index in [1.165, 1.54) is 24.3 Å². The minimum absolute atomic E-state index is 0.00445. The van der Waals surface area contributed by atoms with Crippen LogP contribution in [0.4, 0.5) is 5.69 Å². The molecule has 10 heteroatoms. The molecule has 0 saturated carbocycles. The van der Waals surface area contributed by atoms with Crippen LogP contribution >= 0.6 is 0 Å². The van der Waals surface area contributed by atoms with Crippen LogP contribution in [-0.4, -0.2) is 34.3 Å². The first-order valence-electron chi connectivity index (χ1n) is 8.27. The van der Waals surface area contributed by atoms with Crippen LogP contribution < -0.4 is 19.9 Å². The van der Waals surface area contributed by atoms with Crippen molar-refractivity contribution in [1.29, 1.82) is 0 Å². The Labute approximate surface area is 160 Å². The maximum Gasteiger partial charge on any atom is 0.269 e. The third-order valence-electron chi connectivity index (χ3n) is 4.02. The Kier molecular flexibility index (Phi) is 5.70. The molecule has 146 valence electrons. The van der Waals surface area contributed by atoms with Crippen LogP contribution in [-0.2, 0) is 6.61 Å². The van der Waals surface area contributed by atoms with Gasteiger partial charge in [-0.15, -0.1) is 0 Å². The molecule has 0 spiro atoms. The van der Waals surface area contributed by atoms with Crippen molar-refractivity contribution in [2.75, 3.05) is 14.2 Å². The Morgan fingerprint density at radius 1 is 1.14 bits per heavy atom. The number of rotatable bonds is 8. The molecular weight excluding hydrogens is 366 g/mol. The Hall–Kier alpha value is -3.66. The van der Waals surface area contributed by atoms with Gasteiger partial charge in [0.15, 0.2) is 23.1 Å². The highest BCUT2D eigenvalue weighted by Crippen LogP contribution is 2.30. The summed E-state index contributed by atoms with van der Waals surface area (Å²) < 4.78 is 16.1. The number of aromatic amines is 1. The SMILES string of the molecule is COc1ccc([C@@H](N)c2n[nH]c(COc3ccc([N+](=O)[O-])cc3)n2)cc1OC. The number of nitro groups is 1. The van der Waals surface area contributed by atoms with Gasteiger partial charge in [-0.2, -0.15) is 5.10 Å². The molecule has 0 radical (unpaired) electrons. The second kappa shape index (κ2) is 8.35. The maximum atomic E-state index is 10.7. The fraction of sp³-hybridized carbons (Fsp3) is 0.222. The summed E-state index contributed by atoms with van der Waals surface area (Å²) in [5.41, 5.74) is 7.01. The van der Waals surface area contributed by atoms with Crippen LogP contribution in [0.2, 0.25) is 0 Å². The van der Waals surface area contributed by atoms with Crippen molar-refractivity contribution in [3.05, 3.63) is 69.8 Å². The van der Waals surface area contributed by atoms with Crippen LogP contribution in [0.3, 0.4) is 0 Å². The van der Waals surface area contributed by atoms with E-state index in [2.05, 4.69) is 15.2 Å². The van der Waals surface area contributed by atoms with Crippen molar-refractivity contribution in [2.45, 2.75) is 12.6 Å². The number of hydrogen-bond donors (Lipinski definition) is 2. The van der Waals surface area contributed by atoms with Gasteiger partial charge in [0.1, 0.15) is 12.4 Å². The quantitative estimate of drug-likeness (QED) is 0.445. The van der Waals surface area contributed by atoms with E-state index in [4.69, 9.17) is 19.9 Å². The van der Waals surface area contributed by atoms with Gasteiger partial charge in [0, 0.05) is 12.1 Å². The Morgan fingerprint density at radius 3 is 2.50 bits per heavy atom. The number of ether oxygens (including phenoxy) is 3. The molecule has 10 nitrogen and oxygen atoms in total. The highest BCUT2D eigenvalue weighted by atomic mass is 16.6. The van der Waals surface area contributed by atoms with Gasteiger partial charge in [0.25, 0.3) is 5.69 Å². The molecule has 0 amide bonds. The third-order valence-corrected chi connectivity index (χ3v) is 4.02. The van der Waals surface area contributed by atoms with E-state index in [1.54, 1.807) is 26.4 Å². The lowest BCUT2D eigenvalue weighted by Gasteiger charge is -2.12. The van der Waals surface area contributed by atoms with Gasteiger partial charge in [-0.3, -0.25) is 15.2 Å². The van der Waals surface area contributed by atoms with E-state index in [1.807, 2.05) is 6.07 Å². The Balaban J connectivity index is 1.67. The fourth-order valence-corrected chi connectivity index (χ4v) is 2.52. The molecule has 1 aromatic heterocycles. The van der Waals surface area contributed by atoms with Gasteiger partial charge in [0.05, 0.1) is 25.2 Å². The van der Waals surface area contributed by atoms with E-state index < -0.39 is 11.0 Å². The summed E-state index contributed by atoms with van der Waals surface area (Å²) in [6.45, 7) is 0.115. The average Bonchev–Trinajstić information content (AvgIpc) is 3.20. The highest BCUT2D eigenvalue weighted by molar-refractivity contribution is 5.44. The molecule has 1 atom stereocenters. The number of benzene rings is 2. The molecule has 0 aliphatic carbocycles. The molecule has 1 heterocycles. The van der Waals surface area contributed by atoms with E-state index in [0.29, 0.717) is 28.9 Å². The maximum absolute atomic E-state index is 10.7. The average molecular weight is 385 g/mol. The lowest BCUT2D eigenvalue weighted by Crippen LogP contribution is -2.14. The van der Waals surface area contributed by atoms with Crippen LogP contribution in [0.1, 0.15) is 23.3 Å². The lowest BCUT2D eigenvalue weighted by atomic mass is 10.1. The summed E-state index contributed by atoms with van der Waals surface area (Å²) in [6.07, 6.45) is 0. The number of methoxy groups -OCH3 is 2. The molecule has 3 aromatic rings. The van der Waals surface area contributed by atoms with Crippen molar-refractivity contribution >= 4 is 5.69 Å². The zero-order valence-corrected chi connectivity index (χ0v) is 15.3. The topological polar surface area (TPSA) is 138 Å². The molecular formula is C18H19N5O5. The van der Waals surface area contributed by atoms with E-state index in [0.717, 1.165) is 5.56 Å². The summed E-state index contributed by atoms with van der Waals surface area (Å²) in [5, 5.41) is 17.6. The number of nitrogens with one attached hydrogen (secondary N) is 1. The zero-order chi connectivity index (χ0) is 20.1. The molecule has 0 saturated heterocycles. The molecule has 0 aliphatic heterocycles. The normalized spacial score (nSPS) is 11.7. The smallest absolute Gasteiger partial charge is 0.269 e. The van der Waals surface area contributed by atoms with Gasteiger partial charge in [0.2, 0.25) is 0 Å². The first kappa shape index (κ1) is 19.1. The molecule has 0 aliphatic rings. The predicted octanol–water partition coefficient (Wildman–Crippen LogP) is 2.36. The monoisotopic (exact) mass is 385 g/mol. The number of hydrogen-bond acceptors (Lipinski definition) is 8.